The summed E-state index contributed by atoms with van der Waals surface area (Å²) in [6.45, 7) is -0.436. The fraction of sp³-hybridized carbons (Fsp3) is 0.250. The summed E-state index contributed by atoms with van der Waals surface area (Å²) in [6, 6.07) is 1.27. The number of benzene rings is 1. The van der Waals surface area contributed by atoms with Crippen molar-refractivity contribution in [1.82, 2.24) is 10.2 Å². The van der Waals surface area contributed by atoms with E-state index in [4.69, 9.17) is 21.4 Å². The van der Waals surface area contributed by atoms with Gasteiger partial charge in [-0.1, -0.05) is 11.6 Å². The second-order valence-corrected chi connectivity index (χ2v) is 4.54. The molecule has 2 N–H and O–H groups in total. The number of hydrogen-bond donors (Lipinski definition) is 2. The molecule has 1 aliphatic heterocycles. The first kappa shape index (κ1) is 15.0. The average molecular weight is 317 g/mol. The quantitative estimate of drug-likeness (QED) is 0.635. The van der Waals surface area contributed by atoms with Gasteiger partial charge in [0.25, 0.3) is 0 Å². The number of carbonyl (C=O) groups excluding carboxylic acids is 3. The summed E-state index contributed by atoms with van der Waals surface area (Å²) in [5, 5.41) is 11.1. The number of carbonyl (C=O) groups is 3. The smallest absolute Gasteiger partial charge is 0.338 e. The van der Waals surface area contributed by atoms with E-state index in [2.05, 4.69) is 5.32 Å². The van der Waals surface area contributed by atoms with Crippen LogP contribution in [0.2, 0.25) is 5.02 Å². The first-order chi connectivity index (χ1) is 9.90. The van der Waals surface area contributed by atoms with Gasteiger partial charge < -0.3 is 15.2 Å². The Morgan fingerprint density at radius 1 is 1.48 bits per heavy atom. The number of hydrogen-bond acceptors (Lipinski definition) is 5. The van der Waals surface area contributed by atoms with Gasteiger partial charge in [-0.15, -0.1) is 0 Å². The number of rotatable bonds is 4. The SMILES string of the molecule is O=C(OCCN1C(=O)CNC1=O)c1cc(F)c(O)c(Cl)c1. The summed E-state index contributed by atoms with van der Waals surface area (Å²) in [5.41, 5.74) is -0.187. The third-order valence-electron chi connectivity index (χ3n) is 2.74. The van der Waals surface area contributed by atoms with Crippen molar-refractivity contribution >= 4 is 29.5 Å². The second-order valence-electron chi connectivity index (χ2n) is 4.13. The van der Waals surface area contributed by atoms with Crippen LogP contribution in [0, 0.1) is 5.82 Å². The molecule has 7 nitrogen and oxygen atoms in total. The number of ether oxygens (including phenoxy) is 1. The van der Waals surface area contributed by atoms with E-state index < -0.39 is 29.5 Å². The summed E-state index contributed by atoms with van der Waals surface area (Å²) in [4.78, 5) is 35.0. The maximum absolute atomic E-state index is 13.2. The highest BCUT2D eigenvalue weighted by molar-refractivity contribution is 6.32. The molecule has 0 aliphatic carbocycles. The Hall–Kier alpha value is -2.35. The van der Waals surface area contributed by atoms with Crippen molar-refractivity contribution in [2.75, 3.05) is 19.7 Å². The van der Waals surface area contributed by atoms with Gasteiger partial charge in [0, 0.05) is 0 Å². The number of nitrogens with zero attached hydrogens (tertiary/aromatic N) is 1. The van der Waals surface area contributed by atoms with E-state index in [0.717, 1.165) is 17.0 Å². The van der Waals surface area contributed by atoms with Gasteiger partial charge in [0.1, 0.15) is 6.61 Å². The molecule has 9 heteroatoms. The molecule has 1 fully saturated rings. The van der Waals surface area contributed by atoms with E-state index in [9.17, 15) is 18.8 Å². The fourth-order valence-corrected chi connectivity index (χ4v) is 1.89. The topological polar surface area (TPSA) is 95.9 Å². The van der Waals surface area contributed by atoms with Crippen LogP contribution in [0.25, 0.3) is 0 Å². The Bertz CT molecular complexity index is 583. The molecule has 3 amide bonds. The third-order valence-corrected chi connectivity index (χ3v) is 3.03. The van der Waals surface area contributed by atoms with Crippen molar-refractivity contribution < 1.29 is 28.6 Å². The molecule has 1 saturated heterocycles. The van der Waals surface area contributed by atoms with Gasteiger partial charge in [-0.05, 0) is 12.1 Å². The van der Waals surface area contributed by atoms with Crippen molar-refractivity contribution in [2.24, 2.45) is 0 Å². The summed E-state index contributed by atoms with van der Waals surface area (Å²) < 4.78 is 18.0. The molecular weight excluding hydrogens is 307 g/mol. The van der Waals surface area contributed by atoms with Crippen LogP contribution in [0.1, 0.15) is 10.4 Å². The number of phenolic OH excluding ortho intramolecular Hbond substituents is 1. The highest BCUT2D eigenvalue weighted by Gasteiger charge is 2.28. The summed E-state index contributed by atoms with van der Waals surface area (Å²) in [7, 11) is 0. The van der Waals surface area contributed by atoms with Gasteiger partial charge in [-0.3, -0.25) is 9.69 Å². The van der Waals surface area contributed by atoms with Crippen LogP contribution in [0.15, 0.2) is 12.1 Å². The minimum absolute atomic E-state index is 0.0917. The van der Waals surface area contributed by atoms with Gasteiger partial charge >= 0.3 is 12.0 Å². The van der Waals surface area contributed by atoms with Crippen LogP contribution < -0.4 is 5.32 Å². The molecule has 1 aliphatic rings. The molecule has 0 radical (unpaired) electrons. The predicted molar refractivity (Wildman–Crippen MR) is 68.5 cm³/mol. The normalized spacial score (nSPS) is 14.3. The Kier molecular flexibility index (Phi) is 4.27. The van der Waals surface area contributed by atoms with Gasteiger partial charge in [-0.2, -0.15) is 0 Å². The Morgan fingerprint density at radius 3 is 2.76 bits per heavy atom. The molecule has 0 aromatic heterocycles. The maximum atomic E-state index is 13.2. The van der Waals surface area contributed by atoms with E-state index in [1.165, 1.54) is 0 Å². The molecule has 0 unspecified atom stereocenters. The highest BCUT2D eigenvalue weighted by Crippen LogP contribution is 2.27. The molecular formula is C12H10ClFN2O5. The number of esters is 1. The molecule has 0 saturated carbocycles. The van der Waals surface area contributed by atoms with Crippen molar-refractivity contribution in [2.45, 2.75) is 0 Å². The molecule has 112 valence electrons. The van der Waals surface area contributed by atoms with Crippen LogP contribution >= 0.6 is 11.6 Å². The van der Waals surface area contributed by atoms with Crippen molar-refractivity contribution in [3.63, 3.8) is 0 Å². The minimum atomic E-state index is -1.05. The van der Waals surface area contributed by atoms with Gasteiger partial charge in [0.15, 0.2) is 11.6 Å². The van der Waals surface area contributed by atoms with E-state index >= 15 is 0 Å². The number of urea groups is 1. The minimum Gasteiger partial charge on any atom is -0.504 e. The number of halogens is 2. The van der Waals surface area contributed by atoms with Crippen molar-refractivity contribution in [3.05, 3.63) is 28.5 Å². The fourth-order valence-electron chi connectivity index (χ4n) is 1.68. The molecule has 2 rings (SSSR count). The zero-order valence-electron chi connectivity index (χ0n) is 10.6. The lowest BCUT2D eigenvalue weighted by atomic mass is 10.2. The van der Waals surface area contributed by atoms with E-state index in [1.807, 2.05) is 0 Å². The Morgan fingerprint density at radius 2 is 2.19 bits per heavy atom. The maximum Gasteiger partial charge on any atom is 0.338 e. The molecule has 21 heavy (non-hydrogen) atoms. The number of imide groups is 1. The lowest BCUT2D eigenvalue weighted by molar-refractivity contribution is -0.125. The number of phenols is 1. The van der Waals surface area contributed by atoms with Crippen LogP contribution in [0.3, 0.4) is 0 Å². The lowest BCUT2D eigenvalue weighted by Crippen LogP contribution is -2.34. The molecule has 1 aromatic rings. The van der Waals surface area contributed by atoms with Crippen molar-refractivity contribution in [1.29, 1.82) is 0 Å². The largest absolute Gasteiger partial charge is 0.504 e. The van der Waals surface area contributed by atoms with Crippen LogP contribution in [-0.2, 0) is 9.53 Å². The zero-order chi connectivity index (χ0) is 15.6. The van der Waals surface area contributed by atoms with Crippen molar-refractivity contribution in [3.8, 4) is 5.75 Å². The highest BCUT2D eigenvalue weighted by atomic mass is 35.5. The summed E-state index contributed by atoms with van der Waals surface area (Å²) in [5.74, 6) is -3.12. The molecule has 1 heterocycles. The van der Waals surface area contributed by atoms with Crippen LogP contribution in [0.5, 0.6) is 5.75 Å². The summed E-state index contributed by atoms with van der Waals surface area (Å²) >= 11 is 5.54. The average Bonchev–Trinajstić information content (AvgIpc) is 2.75. The number of amides is 3. The van der Waals surface area contributed by atoms with Gasteiger partial charge in [0.2, 0.25) is 5.91 Å². The first-order valence-corrected chi connectivity index (χ1v) is 6.21. The second kappa shape index (κ2) is 5.96. The first-order valence-electron chi connectivity index (χ1n) is 5.83. The van der Waals surface area contributed by atoms with Crippen LogP contribution in [-0.4, -0.2) is 47.6 Å². The summed E-state index contributed by atoms with van der Waals surface area (Å²) in [6.07, 6.45) is 0. The number of nitrogens with one attached hydrogen (secondary N) is 1. The Balaban J connectivity index is 1.93. The monoisotopic (exact) mass is 316 g/mol. The zero-order valence-corrected chi connectivity index (χ0v) is 11.3. The Labute approximate surface area is 123 Å². The van der Waals surface area contributed by atoms with Crippen LogP contribution in [0.4, 0.5) is 9.18 Å². The predicted octanol–water partition coefficient (Wildman–Crippen LogP) is 0.893. The van der Waals surface area contributed by atoms with Gasteiger partial charge in [0.05, 0.1) is 23.7 Å². The van der Waals surface area contributed by atoms with Gasteiger partial charge in [-0.25, -0.2) is 14.0 Å². The van der Waals surface area contributed by atoms with E-state index in [1.54, 1.807) is 0 Å². The molecule has 1 aromatic carbocycles. The molecule has 0 atom stereocenters. The number of aromatic hydroxyl groups is 1. The van der Waals surface area contributed by atoms with E-state index in [0.29, 0.717) is 0 Å². The standard InChI is InChI=1S/C12H10ClFN2O5/c13-7-3-6(4-8(14)10(7)18)11(19)21-2-1-16-9(17)5-15-12(16)20/h3-4,18H,1-2,5H2,(H,15,20). The third kappa shape index (κ3) is 3.22. The lowest BCUT2D eigenvalue weighted by Gasteiger charge is -2.12. The molecule has 0 bridgehead atoms. The van der Waals surface area contributed by atoms with E-state index in [-0.39, 0.29) is 30.3 Å². The molecule has 0 spiro atoms.